The van der Waals surface area contributed by atoms with Gasteiger partial charge in [-0.1, -0.05) is 0 Å². The van der Waals surface area contributed by atoms with Crippen molar-refractivity contribution < 1.29 is 13.3 Å². The first-order chi connectivity index (χ1) is 9.34. The molecule has 0 bridgehead atoms. The molecular weight excluding hydrogens is 286 g/mol. The quantitative estimate of drug-likeness (QED) is 0.352. The maximum atomic E-state index is 12.2. The number of hydrogen-bond donors (Lipinski definition) is 1. The summed E-state index contributed by atoms with van der Waals surface area (Å²) in [6.07, 6.45) is 0. The third-order valence-electron chi connectivity index (χ3n) is 2.29. The zero-order chi connectivity index (χ0) is 15.3. The van der Waals surface area contributed by atoms with Crippen molar-refractivity contribution in [2.45, 2.75) is 4.90 Å². The number of rotatable bonds is 5. The van der Waals surface area contributed by atoms with Crippen LogP contribution in [0.15, 0.2) is 23.1 Å². The third kappa shape index (κ3) is 3.00. The molecule has 1 aromatic carbocycles. The molecule has 0 radical (unpaired) electrons. The Kier molecular flexibility index (Phi) is 4.59. The van der Waals surface area contributed by atoms with Gasteiger partial charge >= 0.3 is 0 Å². The van der Waals surface area contributed by atoms with Gasteiger partial charge in [-0.25, -0.2) is 8.42 Å². The van der Waals surface area contributed by atoms with Gasteiger partial charge in [0.1, 0.15) is 13.1 Å². The highest BCUT2D eigenvalue weighted by molar-refractivity contribution is 7.89. The summed E-state index contributed by atoms with van der Waals surface area (Å²) in [5.41, 5.74) is 4.71. The maximum absolute atomic E-state index is 12.2. The lowest BCUT2D eigenvalue weighted by atomic mass is 10.3. The van der Waals surface area contributed by atoms with Crippen LogP contribution in [0.5, 0.6) is 0 Å². The summed E-state index contributed by atoms with van der Waals surface area (Å²) in [6, 6.07) is 6.25. The lowest BCUT2D eigenvalue weighted by Gasteiger charge is -2.15. The molecule has 1 rings (SSSR count). The molecule has 0 spiro atoms. The van der Waals surface area contributed by atoms with Crippen LogP contribution in [-0.4, -0.2) is 30.7 Å². The largest absolute Gasteiger partial charge is 0.399 e. The van der Waals surface area contributed by atoms with Gasteiger partial charge in [0, 0.05) is 11.8 Å². The van der Waals surface area contributed by atoms with Crippen molar-refractivity contribution in [1.82, 2.24) is 4.31 Å². The van der Waals surface area contributed by atoms with E-state index in [-0.39, 0.29) is 5.69 Å². The van der Waals surface area contributed by atoms with Crippen LogP contribution in [0.4, 0.5) is 11.4 Å². The molecule has 0 atom stereocenters. The molecule has 0 aliphatic heterocycles. The van der Waals surface area contributed by atoms with E-state index >= 15 is 0 Å². The Morgan fingerprint density at radius 2 is 1.85 bits per heavy atom. The highest BCUT2D eigenvalue weighted by atomic mass is 32.2. The molecule has 9 nitrogen and oxygen atoms in total. The minimum absolute atomic E-state index is 0.0303. The molecular formula is C10H9N5O4S. The summed E-state index contributed by atoms with van der Waals surface area (Å²) in [4.78, 5) is 9.40. The van der Waals surface area contributed by atoms with Crippen molar-refractivity contribution >= 4 is 21.4 Å². The molecule has 2 N–H and O–H groups in total. The zero-order valence-corrected chi connectivity index (χ0v) is 10.9. The van der Waals surface area contributed by atoms with Gasteiger partial charge < -0.3 is 5.73 Å². The Morgan fingerprint density at radius 3 is 2.30 bits per heavy atom. The lowest BCUT2D eigenvalue weighted by molar-refractivity contribution is -0.387. The van der Waals surface area contributed by atoms with Crippen LogP contribution < -0.4 is 5.73 Å². The Bertz CT molecular complexity index is 700. The van der Waals surface area contributed by atoms with Gasteiger partial charge in [0.05, 0.1) is 17.1 Å². The number of nitrogens with zero attached hydrogens (tertiary/aromatic N) is 4. The first-order valence-corrected chi connectivity index (χ1v) is 6.56. The zero-order valence-electron chi connectivity index (χ0n) is 10.1. The fourth-order valence-corrected chi connectivity index (χ4v) is 2.79. The molecule has 20 heavy (non-hydrogen) atoms. The highest BCUT2D eigenvalue weighted by Gasteiger charge is 2.31. The SMILES string of the molecule is N#CCN(CC#N)S(=O)(=O)c1ccc(N)cc1[N+](=O)[O-]. The molecule has 0 aliphatic rings. The number of anilines is 1. The molecule has 0 aliphatic carbocycles. The Labute approximate surface area is 114 Å². The van der Waals surface area contributed by atoms with Gasteiger partial charge in [0.25, 0.3) is 15.7 Å². The molecule has 0 aromatic heterocycles. The summed E-state index contributed by atoms with van der Waals surface area (Å²) in [5.74, 6) is 0. The van der Waals surface area contributed by atoms with E-state index in [9.17, 15) is 18.5 Å². The molecule has 0 unspecified atom stereocenters. The van der Waals surface area contributed by atoms with E-state index in [0.29, 0.717) is 4.31 Å². The van der Waals surface area contributed by atoms with Gasteiger partial charge in [-0.3, -0.25) is 10.1 Å². The number of nitro groups is 1. The monoisotopic (exact) mass is 295 g/mol. The number of nitro benzene ring substituents is 1. The first-order valence-electron chi connectivity index (χ1n) is 5.12. The van der Waals surface area contributed by atoms with Crippen LogP contribution in [0.1, 0.15) is 0 Å². The summed E-state index contributed by atoms with van der Waals surface area (Å²) < 4.78 is 25.0. The van der Waals surface area contributed by atoms with Crippen LogP contribution in [0, 0.1) is 32.8 Å². The summed E-state index contributed by atoms with van der Waals surface area (Å²) in [6.45, 7) is -1.17. The predicted octanol–water partition coefficient (Wildman–Crippen LogP) is 0.215. The first kappa shape index (κ1) is 15.4. The third-order valence-corrected chi connectivity index (χ3v) is 4.13. The van der Waals surface area contributed by atoms with E-state index in [1.54, 1.807) is 12.1 Å². The van der Waals surface area contributed by atoms with E-state index in [1.165, 1.54) is 6.07 Å². The second kappa shape index (κ2) is 5.97. The normalized spacial score (nSPS) is 10.8. The molecule has 0 fully saturated rings. The van der Waals surface area contributed by atoms with Crippen LogP contribution in [0.2, 0.25) is 0 Å². The summed E-state index contributed by atoms with van der Waals surface area (Å²) in [7, 11) is -4.33. The van der Waals surface area contributed by atoms with Gasteiger partial charge in [-0.05, 0) is 12.1 Å². The number of nitrogens with two attached hydrogens (primary N) is 1. The van der Waals surface area contributed by atoms with E-state index in [0.717, 1.165) is 12.1 Å². The summed E-state index contributed by atoms with van der Waals surface area (Å²) >= 11 is 0. The minimum atomic E-state index is -4.33. The van der Waals surface area contributed by atoms with Gasteiger partial charge in [0.15, 0.2) is 4.90 Å². The molecule has 1 aromatic rings. The van der Waals surface area contributed by atoms with Crippen LogP contribution in [0.3, 0.4) is 0 Å². The Balaban J connectivity index is 3.46. The van der Waals surface area contributed by atoms with Crippen molar-refractivity contribution in [3.05, 3.63) is 28.3 Å². The molecule has 0 heterocycles. The molecule has 0 saturated carbocycles. The van der Waals surface area contributed by atoms with Gasteiger partial charge in [0.2, 0.25) is 0 Å². The molecule has 0 amide bonds. The van der Waals surface area contributed by atoms with Crippen molar-refractivity contribution in [2.24, 2.45) is 0 Å². The van der Waals surface area contributed by atoms with Crippen LogP contribution in [-0.2, 0) is 10.0 Å². The average Bonchev–Trinajstić information content (AvgIpc) is 2.38. The minimum Gasteiger partial charge on any atom is -0.399 e. The van der Waals surface area contributed by atoms with Crippen LogP contribution >= 0.6 is 0 Å². The van der Waals surface area contributed by atoms with E-state index < -0.39 is 38.6 Å². The highest BCUT2D eigenvalue weighted by Crippen LogP contribution is 2.28. The maximum Gasteiger partial charge on any atom is 0.291 e. The van der Waals surface area contributed by atoms with Gasteiger partial charge in [-0.2, -0.15) is 14.8 Å². The van der Waals surface area contributed by atoms with Crippen molar-refractivity contribution in [3.63, 3.8) is 0 Å². The Hall–Kier alpha value is -2.69. The van der Waals surface area contributed by atoms with Crippen molar-refractivity contribution in [1.29, 1.82) is 10.5 Å². The molecule has 10 heteroatoms. The smallest absolute Gasteiger partial charge is 0.291 e. The van der Waals surface area contributed by atoms with Crippen molar-refractivity contribution in [2.75, 3.05) is 18.8 Å². The lowest BCUT2D eigenvalue weighted by Crippen LogP contribution is -2.32. The van der Waals surface area contributed by atoms with Crippen LogP contribution in [0.25, 0.3) is 0 Å². The standard InChI is InChI=1S/C10H9N5O4S/c11-3-5-14(6-4-12)20(18,19)10-2-1-8(13)7-9(10)15(16)17/h1-2,7H,5-6,13H2. The van der Waals surface area contributed by atoms with E-state index in [2.05, 4.69) is 0 Å². The second-order valence-electron chi connectivity index (χ2n) is 3.57. The fourth-order valence-electron chi connectivity index (χ4n) is 1.42. The summed E-state index contributed by atoms with van der Waals surface area (Å²) in [5, 5.41) is 28.0. The topological polar surface area (TPSA) is 154 Å². The number of hydrogen-bond acceptors (Lipinski definition) is 7. The average molecular weight is 295 g/mol. The number of benzene rings is 1. The van der Waals surface area contributed by atoms with E-state index in [1.807, 2.05) is 0 Å². The molecule has 0 saturated heterocycles. The molecule has 104 valence electrons. The number of nitriles is 2. The fraction of sp³-hybridized carbons (Fsp3) is 0.200. The predicted molar refractivity (Wildman–Crippen MR) is 67.5 cm³/mol. The Morgan fingerprint density at radius 1 is 1.30 bits per heavy atom. The van der Waals surface area contributed by atoms with Gasteiger partial charge in [-0.15, -0.1) is 0 Å². The van der Waals surface area contributed by atoms with Crippen molar-refractivity contribution in [3.8, 4) is 12.1 Å². The number of sulfonamides is 1. The number of nitrogen functional groups attached to an aromatic ring is 1. The van der Waals surface area contributed by atoms with E-state index in [4.69, 9.17) is 16.3 Å². The second-order valence-corrected chi connectivity index (χ2v) is 5.48.